The van der Waals surface area contributed by atoms with Gasteiger partial charge in [0.05, 0.1) is 50.6 Å². The summed E-state index contributed by atoms with van der Waals surface area (Å²) in [7, 11) is 0. The van der Waals surface area contributed by atoms with E-state index < -0.39 is 0 Å². The van der Waals surface area contributed by atoms with Crippen molar-refractivity contribution in [3.63, 3.8) is 0 Å². The number of fused-ring (bicyclic) bond motifs is 20. The van der Waals surface area contributed by atoms with Crippen molar-refractivity contribution in [2.75, 3.05) is 78.5 Å². The second kappa shape index (κ2) is 45.4. The normalized spacial score (nSPS) is 41.5. The third kappa shape index (κ3) is 22.8. The molecular weight excluding hydrogens is 1730 g/mol. The van der Waals surface area contributed by atoms with Gasteiger partial charge < -0.3 is 0 Å². The Bertz CT molecular complexity index is 3740. The van der Waals surface area contributed by atoms with Crippen molar-refractivity contribution in [3.05, 3.63) is 46.6 Å². The molecule has 1 aliphatic heterocycles. The monoisotopic (exact) mass is 1940 g/mol. The summed E-state index contributed by atoms with van der Waals surface area (Å²) in [6, 6.07) is 0. The number of hydroxylamine groups is 4. The summed E-state index contributed by atoms with van der Waals surface area (Å²) in [6.07, 6.45) is 64.4. The first-order valence-electron chi connectivity index (χ1n) is 60.3. The average Bonchev–Trinajstić information content (AvgIpc) is 1.45. The Morgan fingerprint density at radius 2 is 0.471 bits per heavy atom. The van der Waals surface area contributed by atoms with E-state index in [9.17, 15) is 19.2 Å². The van der Waals surface area contributed by atoms with Gasteiger partial charge in [0.25, 0.3) is 23.6 Å². The highest BCUT2D eigenvalue weighted by atomic mass is 16.7. The number of hydrogen-bond acceptors (Lipinski definition) is 12. The minimum Gasteiger partial charge on any atom is -0.292 e. The zero-order valence-corrected chi connectivity index (χ0v) is 93.1. The van der Waals surface area contributed by atoms with Gasteiger partial charge in [-0.3, -0.25) is 58.1 Å². The fraction of sp³-hybridized carbons (Fsp3) is 0.903. The number of hydrogen-bond donors (Lipinski definition) is 4. The molecule has 12 saturated carbocycles. The Morgan fingerprint density at radius 1 is 0.271 bits per heavy atom. The molecule has 17 rings (SSSR count). The quantitative estimate of drug-likeness (QED) is 0.0347. The molecule has 0 aromatic rings. The molecule has 4 N–H and O–H groups in total. The number of rotatable bonds is 36. The van der Waals surface area contributed by atoms with Crippen LogP contribution in [0.4, 0.5) is 0 Å². The van der Waals surface area contributed by atoms with Crippen LogP contribution >= 0.6 is 0 Å². The molecule has 13 fully saturated rings. The molecule has 140 heavy (non-hydrogen) atoms. The van der Waals surface area contributed by atoms with Crippen LogP contribution < -0.4 is 21.9 Å². The molecule has 32 atom stereocenters. The fourth-order valence-electron chi connectivity index (χ4n) is 38.8. The number of amides is 4. The van der Waals surface area contributed by atoms with E-state index in [0.717, 1.165) is 195 Å². The lowest BCUT2D eigenvalue weighted by Gasteiger charge is -2.58. The maximum absolute atomic E-state index is 14.9. The maximum Gasteiger partial charge on any atom is 0.257 e. The number of carbonyl (C=O) groups excluding carboxylic acids is 4. The molecule has 792 valence electrons. The van der Waals surface area contributed by atoms with E-state index in [2.05, 4.69) is 204 Å². The largest absolute Gasteiger partial charge is 0.292 e. The zero-order chi connectivity index (χ0) is 99.2. The van der Waals surface area contributed by atoms with Gasteiger partial charge in [0, 0.05) is 52.4 Å². The summed E-state index contributed by atoms with van der Waals surface area (Å²) in [6.45, 7) is 54.8. The second-order valence-electron chi connectivity index (χ2n) is 56.3. The molecule has 0 radical (unpaired) electrons. The van der Waals surface area contributed by atoms with E-state index in [-0.39, 0.29) is 95.9 Å². The van der Waals surface area contributed by atoms with Crippen molar-refractivity contribution >= 4 is 23.6 Å². The van der Waals surface area contributed by atoms with E-state index in [4.69, 9.17) is 19.4 Å². The van der Waals surface area contributed by atoms with Crippen LogP contribution in [0.3, 0.4) is 0 Å². The second-order valence-corrected chi connectivity index (χ2v) is 56.3. The van der Waals surface area contributed by atoms with E-state index in [0.29, 0.717) is 97.7 Å². The highest BCUT2D eigenvalue weighted by Gasteiger charge is 2.65. The van der Waals surface area contributed by atoms with Gasteiger partial charge in [-0.1, -0.05) is 262 Å². The van der Waals surface area contributed by atoms with Crippen molar-refractivity contribution in [3.8, 4) is 0 Å². The smallest absolute Gasteiger partial charge is 0.257 e. The molecule has 0 bridgehead atoms. The van der Waals surface area contributed by atoms with E-state index >= 15 is 0 Å². The lowest BCUT2D eigenvalue weighted by atomic mass is 9.47. The molecule has 4 amide bonds. The summed E-state index contributed by atoms with van der Waals surface area (Å²) >= 11 is 0. The molecule has 0 aromatic carbocycles. The Labute approximate surface area is 854 Å². The predicted molar refractivity (Wildman–Crippen MR) is 570 cm³/mol. The van der Waals surface area contributed by atoms with Crippen LogP contribution in [0.1, 0.15) is 421 Å². The van der Waals surface area contributed by atoms with Gasteiger partial charge in [-0.25, -0.2) is 21.9 Å². The maximum atomic E-state index is 14.9. The minimum atomic E-state index is -0.186. The van der Waals surface area contributed by atoms with Crippen LogP contribution in [0, 0.1) is 185 Å². The van der Waals surface area contributed by atoms with Crippen LogP contribution in [0.5, 0.6) is 0 Å². The molecular formula is C124H208N8O8. The first-order chi connectivity index (χ1) is 66.8. The topological polar surface area (TPSA) is 166 Å². The number of nitrogens with one attached hydrogen (secondary N) is 4. The molecule has 16 nitrogen and oxygen atoms in total. The van der Waals surface area contributed by atoms with Crippen molar-refractivity contribution in [2.24, 2.45) is 185 Å². The molecule has 16 heteroatoms. The summed E-state index contributed by atoms with van der Waals surface area (Å²) < 4.78 is 0. The zero-order valence-electron chi connectivity index (χ0n) is 93.1. The first kappa shape index (κ1) is 108. The molecule has 0 spiro atoms. The standard InChI is InChI=1S/C124H208N8O8/c1-81(2)25-21-29-85(9)101-41-45-105-97-37-33-89-73-93(49-57-117(89,13)109(97)53-61-121(101,105)17)137-125-113(133)77-129-65-67-130(78-114(134)126-138-94-50-58-118(14)90(74-94)34-38-98-106-46-42-102(86(10)30-22-26-82(3)4)122(106,18)62-54-110(98)118)69-71-132(80-116(136)128-140-96-52-60-120(16)92(76-96)36-40-100-108-48-44-104(88(12)32-24-28-84(7)8)124(108,20)64-56-112(100)120)72-70-131(68-66-129)79-115(135)127-139-95-51-59-119(15)91(75-95)35-39-99-107-47-43-103(87(11)31-23-27-83(5)6)123(107,19)63-55-111(99)119/h33-36,81-88,93-112H,21-32,37-80H2,1-20H3,(H,125,133)(H,126,134)(H,127,135)(H,128,136)/t85-,86-,87-,88-,93-,94-,95-,96-,97+,98+,99+,100+,101-,102-,103-,104-,105+,106+,107+,108+,109+,110+,111+,112+,117+,118+,119+,120+,121-,122-,123-,124-/m1/s1. The van der Waals surface area contributed by atoms with Gasteiger partial charge in [0.1, 0.15) is 0 Å². The molecule has 1 saturated heterocycles. The summed E-state index contributed by atoms with van der Waals surface area (Å²) in [5.41, 5.74) is 20.8. The van der Waals surface area contributed by atoms with Crippen molar-refractivity contribution in [1.29, 1.82) is 0 Å². The van der Waals surface area contributed by atoms with Gasteiger partial charge in [0.2, 0.25) is 0 Å². The highest BCUT2D eigenvalue weighted by molar-refractivity contribution is 5.78. The predicted octanol–water partition coefficient (Wildman–Crippen LogP) is 27.0. The molecule has 1 heterocycles. The van der Waals surface area contributed by atoms with E-state index in [1.807, 2.05) is 0 Å². The molecule has 0 unspecified atom stereocenters. The van der Waals surface area contributed by atoms with E-state index in [1.54, 1.807) is 22.3 Å². The number of allylic oxidation sites excluding steroid dienone is 4. The Kier molecular flexibility index (Phi) is 34.9. The van der Waals surface area contributed by atoms with Gasteiger partial charge in [-0.2, -0.15) is 0 Å². The number of carbonyl (C=O) groups is 4. The van der Waals surface area contributed by atoms with Crippen LogP contribution in [0.25, 0.3) is 0 Å². The van der Waals surface area contributed by atoms with Crippen molar-refractivity contribution < 1.29 is 38.5 Å². The summed E-state index contributed by atoms with van der Waals surface area (Å²) in [5.74, 6) is 17.9. The van der Waals surface area contributed by atoms with Crippen molar-refractivity contribution in [2.45, 2.75) is 445 Å². The van der Waals surface area contributed by atoms with Gasteiger partial charge in [-0.15, -0.1) is 0 Å². The third-order valence-corrected chi connectivity index (χ3v) is 46.8. The first-order valence-corrected chi connectivity index (χ1v) is 60.3. The minimum absolute atomic E-state index is 0.0941. The molecule has 0 aromatic heterocycles. The van der Waals surface area contributed by atoms with Crippen LogP contribution in [-0.2, 0) is 38.5 Å². The number of nitrogens with zero attached hydrogens (tertiary/aromatic N) is 4. The van der Waals surface area contributed by atoms with E-state index in [1.165, 1.54) is 205 Å². The summed E-state index contributed by atoms with van der Waals surface area (Å²) in [5, 5.41) is 0. The Morgan fingerprint density at radius 3 is 0.664 bits per heavy atom. The lowest BCUT2D eigenvalue weighted by molar-refractivity contribution is -0.145. The van der Waals surface area contributed by atoms with Crippen molar-refractivity contribution in [1.82, 2.24) is 41.5 Å². The highest BCUT2D eigenvalue weighted by Crippen LogP contribution is 2.73. The Hall–Kier alpha value is -3.48. The molecule has 17 aliphatic rings. The SMILES string of the molecule is CC(C)CCC[C@@H](C)[C@H]1CC[C@H]2[C@@H]3CC=C4C[C@H](ONC(=O)CN5CCN(CC(=O)NO[C@@H]6CC[C@@]7(C)C(=CC[C@H]8[C@@H]9CC[C@H]([C@H](C)CCCC(C)C)[C@@]9(C)CC[C@@H]87)C6)CCN(CC(=O)NO[C@@H]6CC[C@@]7(C)C(=CC[C@H]8[C@@H]9CC[C@H]([C@H](C)CCCC(C)C)[C@@]9(C)CC[C@@H]87)C6)CCN(CC(=O)NO[C@@H]6CC[C@@]7(C)C(=CC[C@H]8[C@@H]9CC[C@H]([C@H](C)CCCC(C)C)[C@@]9(C)CC[C@@H]87)C6)CC5)CC[C@]4(C)[C@H]3CC[C@]12C. The average molecular weight is 1940 g/mol. The Balaban J connectivity index is 0.565. The fourth-order valence-corrected chi connectivity index (χ4v) is 38.8. The van der Waals surface area contributed by atoms with Gasteiger partial charge in [-0.05, 0) is 391 Å². The lowest BCUT2D eigenvalue weighted by Crippen LogP contribution is -2.52. The summed E-state index contributed by atoms with van der Waals surface area (Å²) in [4.78, 5) is 94.8. The van der Waals surface area contributed by atoms with Crippen LogP contribution in [0.15, 0.2) is 46.6 Å². The van der Waals surface area contributed by atoms with Gasteiger partial charge in [0.15, 0.2) is 0 Å². The molecule has 16 aliphatic carbocycles. The third-order valence-electron chi connectivity index (χ3n) is 46.8. The van der Waals surface area contributed by atoms with Crippen LogP contribution in [0.2, 0.25) is 0 Å². The van der Waals surface area contributed by atoms with Gasteiger partial charge >= 0.3 is 0 Å². The van der Waals surface area contributed by atoms with Crippen LogP contribution in [-0.4, -0.2) is 146 Å².